The average molecular weight is 341 g/mol. The van der Waals surface area contributed by atoms with Crippen LogP contribution in [-0.2, 0) is 4.74 Å². The maximum Gasteiger partial charge on any atom is 0.339 e. The molecule has 1 aliphatic heterocycles. The van der Waals surface area contributed by atoms with Gasteiger partial charge in [-0.1, -0.05) is 0 Å². The number of carbonyl (C=O) groups is 1. The molecule has 0 radical (unpaired) electrons. The fraction of sp³-hybridized carbons (Fsp3) is 0.556. The van der Waals surface area contributed by atoms with Crippen molar-refractivity contribution >= 4 is 11.8 Å². The molecule has 7 nitrogen and oxygen atoms in total. The summed E-state index contributed by atoms with van der Waals surface area (Å²) in [6.45, 7) is 3.72. The van der Waals surface area contributed by atoms with Crippen molar-refractivity contribution in [3.63, 3.8) is 0 Å². The number of esters is 1. The zero-order chi connectivity index (χ0) is 17.4. The molecule has 132 valence electrons. The molecule has 2 aliphatic rings. The minimum absolute atomic E-state index is 0.338. The molecule has 0 N–H and O–H groups in total. The second kappa shape index (κ2) is 6.46. The van der Waals surface area contributed by atoms with Crippen LogP contribution in [0.15, 0.2) is 18.5 Å². The molecule has 4 rings (SSSR count). The lowest BCUT2D eigenvalue weighted by Crippen LogP contribution is -2.34. The molecule has 1 saturated carbocycles. The van der Waals surface area contributed by atoms with Crippen molar-refractivity contribution < 1.29 is 9.53 Å². The summed E-state index contributed by atoms with van der Waals surface area (Å²) in [5.41, 5.74) is 1.23. The molecule has 1 saturated heterocycles. The number of piperidine rings is 1. The zero-order valence-electron chi connectivity index (χ0n) is 14.7. The monoisotopic (exact) mass is 341 g/mol. The summed E-state index contributed by atoms with van der Waals surface area (Å²) in [6.07, 6.45) is 6.48. The van der Waals surface area contributed by atoms with Crippen molar-refractivity contribution in [3.8, 4) is 0 Å². The molecule has 0 bridgehead atoms. The van der Waals surface area contributed by atoms with Gasteiger partial charge in [0.15, 0.2) is 0 Å². The molecular weight excluding hydrogens is 318 g/mol. The molecule has 2 aromatic heterocycles. The predicted molar refractivity (Wildman–Crippen MR) is 92.8 cm³/mol. The van der Waals surface area contributed by atoms with Crippen LogP contribution in [0.2, 0.25) is 0 Å². The lowest BCUT2D eigenvalue weighted by atomic mass is 9.95. The van der Waals surface area contributed by atoms with E-state index in [4.69, 9.17) is 4.74 Å². The number of hydrogen-bond donors (Lipinski definition) is 0. The lowest BCUT2D eigenvalue weighted by molar-refractivity contribution is 0.0599. The van der Waals surface area contributed by atoms with Crippen molar-refractivity contribution in [2.24, 2.45) is 0 Å². The van der Waals surface area contributed by atoms with Crippen LogP contribution in [0, 0.1) is 6.92 Å². The van der Waals surface area contributed by atoms with E-state index < -0.39 is 0 Å². The van der Waals surface area contributed by atoms with E-state index in [1.165, 1.54) is 20.0 Å². The van der Waals surface area contributed by atoms with E-state index >= 15 is 0 Å². The van der Waals surface area contributed by atoms with E-state index in [9.17, 15) is 4.79 Å². The minimum atomic E-state index is -0.338. The topological polar surface area (TPSA) is 73.1 Å². The van der Waals surface area contributed by atoms with Crippen molar-refractivity contribution in [1.29, 1.82) is 0 Å². The van der Waals surface area contributed by atoms with Crippen LogP contribution >= 0.6 is 0 Å². The van der Waals surface area contributed by atoms with Crippen molar-refractivity contribution in [3.05, 3.63) is 35.5 Å². The molecule has 0 unspecified atom stereocenters. The molecule has 2 fully saturated rings. The summed E-state index contributed by atoms with van der Waals surface area (Å²) in [5, 5.41) is 8.51. The van der Waals surface area contributed by atoms with Gasteiger partial charge in [0.05, 0.1) is 18.4 Å². The number of nitrogens with zero attached hydrogens (tertiary/aromatic N) is 5. The van der Waals surface area contributed by atoms with Gasteiger partial charge in [0, 0.05) is 25.0 Å². The van der Waals surface area contributed by atoms with Gasteiger partial charge in [0.25, 0.3) is 0 Å². The molecule has 0 aromatic carbocycles. The van der Waals surface area contributed by atoms with Crippen LogP contribution in [-0.4, -0.2) is 45.9 Å². The third kappa shape index (κ3) is 3.10. The number of pyridine rings is 1. The highest BCUT2D eigenvalue weighted by molar-refractivity contribution is 5.90. The van der Waals surface area contributed by atoms with Gasteiger partial charge >= 0.3 is 5.97 Å². The van der Waals surface area contributed by atoms with Crippen LogP contribution in [0.5, 0.6) is 0 Å². The van der Waals surface area contributed by atoms with E-state index in [2.05, 4.69) is 24.6 Å². The van der Waals surface area contributed by atoms with Gasteiger partial charge in [-0.2, -0.15) is 0 Å². The Morgan fingerprint density at radius 1 is 1.20 bits per heavy atom. The molecule has 0 atom stereocenters. The molecule has 0 spiro atoms. The van der Waals surface area contributed by atoms with E-state index in [0.717, 1.165) is 37.6 Å². The molecule has 0 amide bonds. The maximum atomic E-state index is 11.7. The summed E-state index contributed by atoms with van der Waals surface area (Å²) >= 11 is 0. The molecule has 7 heteroatoms. The fourth-order valence-corrected chi connectivity index (χ4v) is 3.59. The quantitative estimate of drug-likeness (QED) is 0.796. The van der Waals surface area contributed by atoms with Crippen LogP contribution in [0.4, 0.5) is 5.82 Å². The predicted octanol–water partition coefficient (Wildman–Crippen LogP) is 2.49. The van der Waals surface area contributed by atoms with Gasteiger partial charge in [0.1, 0.15) is 18.0 Å². The third-order valence-electron chi connectivity index (χ3n) is 5.20. The highest BCUT2D eigenvalue weighted by Crippen LogP contribution is 2.38. The summed E-state index contributed by atoms with van der Waals surface area (Å²) in [6, 6.07) is 4.34. The SMILES string of the molecule is COC(=O)c1ccc(N2CCC(c3nncn3C3CC3)CC2)nc1C. The minimum Gasteiger partial charge on any atom is -0.465 e. The molecular formula is C18H23N5O2. The van der Waals surface area contributed by atoms with Crippen LogP contribution < -0.4 is 4.90 Å². The Morgan fingerprint density at radius 2 is 1.96 bits per heavy atom. The van der Waals surface area contributed by atoms with Crippen molar-refractivity contribution in [1.82, 2.24) is 19.7 Å². The fourth-order valence-electron chi connectivity index (χ4n) is 3.59. The summed E-state index contributed by atoms with van der Waals surface area (Å²) in [5.74, 6) is 2.20. The largest absolute Gasteiger partial charge is 0.465 e. The maximum absolute atomic E-state index is 11.7. The van der Waals surface area contributed by atoms with Crippen LogP contribution in [0.3, 0.4) is 0 Å². The zero-order valence-corrected chi connectivity index (χ0v) is 14.7. The standard InChI is InChI=1S/C18H23N5O2/c1-12-15(18(24)25-2)5-6-16(20-12)22-9-7-13(8-10-22)17-21-19-11-23(17)14-3-4-14/h5-6,11,13-14H,3-4,7-10H2,1-2H3. The molecule has 1 aliphatic carbocycles. The number of hydrogen-bond acceptors (Lipinski definition) is 6. The van der Waals surface area contributed by atoms with Crippen molar-refractivity contribution in [2.45, 2.75) is 44.6 Å². The number of anilines is 1. The number of carbonyl (C=O) groups excluding carboxylic acids is 1. The first-order valence-corrected chi connectivity index (χ1v) is 8.87. The second-order valence-electron chi connectivity index (χ2n) is 6.88. The Labute approximate surface area is 147 Å². The number of rotatable bonds is 4. The van der Waals surface area contributed by atoms with Gasteiger partial charge < -0.3 is 14.2 Å². The van der Waals surface area contributed by atoms with Crippen LogP contribution in [0.25, 0.3) is 0 Å². The van der Waals surface area contributed by atoms with E-state index in [-0.39, 0.29) is 5.97 Å². The highest BCUT2D eigenvalue weighted by atomic mass is 16.5. The molecule has 25 heavy (non-hydrogen) atoms. The number of aromatic nitrogens is 4. The first-order chi connectivity index (χ1) is 12.2. The first kappa shape index (κ1) is 16.1. The Morgan fingerprint density at radius 3 is 2.60 bits per heavy atom. The van der Waals surface area contributed by atoms with E-state index in [1.807, 2.05) is 19.3 Å². The summed E-state index contributed by atoms with van der Waals surface area (Å²) < 4.78 is 7.06. The second-order valence-corrected chi connectivity index (χ2v) is 6.88. The lowest BCUT2D eigenvalue weighted by Gasteiger charge is -2.32. The van der Waals surface area contributed by atoms with Gasteiger partial charge in [-0.05, 0) is 44.7 Å². The molecule has 3 heterocycles. The van der Waals surface area contributed by atoms with E-state index in [1.54, 1.807) is 6.07 Å². The summed E-state index contributed by atoms with van der Waals surface area (Å²) in [7, 11) is 1.39. The normalized spacial score (nSPS) is 18.4. The Bertz CT molecular complexity index is 776. The number of methoxy groups -OCH3 is 1. The van der Waals surface area contributed by atoms with Crippen LogP contribution in [0.1, 0.15) is 59.5 Å². The van der Waals surface area contributed by atoms with Gasteiger partial charge in [-0.3, -0.25) is 0 Å². The average Bonchev–Trinajstić information content (AvgIpc) is 3.38. The smallest absolute Gasteiger partial charge is 0.339 e. The molecule has 2 aromatic rings. The van der Waals surface area contributed by atoms with E-state index in [0.29, 0.717) is 23.2 Å². The third-order valence-corrected chi connectivity index (χ3v) is 5.20. The van der Waals surface area contributed by atoms with Gasteiger partial charge in [-0.15, -0.1) is 10.2 Å². The number of ether oxygens (including phenoxy) is 1. The van der Waals surface area contributed by atoms with Gasteiger partial charge in [-0.25, -0.2) is 9.78 Å². The Hall–Kier alpha value is -2.44. The first-order valence-electron chi connectivity index (χ1n) is 8.87. The highest BCUT2D eigenvalue weighted by Gasteiger charge is 2.31. The Kier molecular flexibility index (Phi) is 4.15. The van der Waals surface area contributed by atoms with Gasteiger partial charge in [0.2, 0.25) is 0 Å². The van der Waals surface area contributed by atoms with Crippen molar-refractivity contribution in [2.75, 3.05) is 25.1 Å². The number of aryl methyl sites for hydroxylation is 1. The Balaban J connectivity index is 1.44. The summed E-state index contributed by atoms with van der Waals surface area (Å²) in [4.78, 5) is 18.6.